The lowest BCUT2D eigenvalue weighted by atomic mass is 9.61. The average Bonchev–Trinajstić information content (AvgIpc) is 2.98. The summed E-state index contributed by atoms with van der Waals surface area (Å²) in [4.78, 5) is 24.8. The monoisotopic (exact) mass is 396 g/mol. The topological polar surface area (TPSA) is 67.4 Å². The Balaban J connectivity index is 1.87. The zero-order chi connectivity index (χ0) is 17.1. The van der Waals surface area contributed by atoms with Gasteiger partial charge in [-0.3, -0.25) is 10.1 Å². The van der Waals surface area contributed by atoms with E-state index >= 15 is 0 Å². The summed E-state index contributed by atoms with van der Waals surface area (Å²) in [5.74, 6) is -0.683. The standard InChI is InChI=1S/C17H18BrFN2O3/c1-24-10-2-4-16(5-3-10)8-9-6-13(19)12(18)7-11(9)17(16)14(22)20-15(23)21-17/h6-7,10H,2-5,8H2,1H3,(H2,20,21,22,23). The lowest BCUT2D eigenvalue weighted by molar-refractivity contribution is -0.131. The highest BCUT2D eigenvalue weighted by Gasteiger charge is 2.66. The van der Waals surface area contributed by atoms with Crippen LogP contribution in [0.5, 0.6) is 0 Å². The first-order chi connectivity index (χ1) is 11.4. The van der Waals surface area contributed by atoms with Gasteiger partial charge in [-0.15, -0.1) is 0 Å². The molecule has 1 saturated carbocycles. The third kappa shape index (κ3) is 1.94. The second kappa shape index (κ2) is 5.26. The Morgan fingerprint density at radius 2 is 2.00 bits per heavy atom. The maximum absolute atomic E-state index is 14.0. The fourth-order valence-corrected chi connectivity index (χ4v) is 5.16. The van der Waals surface area contributed by atoms with Gasteiger partial charge in [0.1, 0.15) is 5.82 Å². The minimum Gasteiger partial charge on any atom is -0.381 e. The Labute approximate surface area is 147 Å². The molecule has 2 fully saturated rings. The number of hydrogen-bond acceptors (Lipinski definition) is 3. The molecule has 128 valence electrons. The van der Waals surface area contributed by atoms with Crippen LogP contribution in [0.15, 0.2) is 16.6 Å². The van der Waals surface area contributed by atoms with Crippen molar-refractivity contribution in [2.45, 2.75) is 43.7 Å². The first kappa shape index (κ1) is 16.0. The molecule has 0 bridgehead atoms. The smallest absolute Gasteiger partial charge is 0.322 e. The number of benzene rings is 1. The van der Waals surface area contributed by atoms with Gasteiger partial charge in [0.15, 0.2) is 5.54 Å². The Bertz CT molecular complexity index is 746. The fourth-order valence-electron chi connectivity index (χ4n) is 4.82. The minimum atomic E-state index is -1.12. The lowest BCUT2D eigenvalue weighted by Gasteiger charge is -2.46. The van der Waals surface area contributed by atoms with E-state index in [-0.39, 0.29) is 17.8 Å². The summed E-state index contributed by atoms with van der Waals surface area (Å²) < 4.78 is 19.8. The van der Waals surface area contributed by atoms with E-state index in [1.54, 1.807) is 13.2 Å². The van der Waals surface area contributed by atoms with Crippen molar-refractivity contribution >= 4 is 27.9 Å². The van der Waals surface area contributed by atoms with E-state index in [0.29, 0.717) is 16.5 Å². The Kier molecular flexibility index (Phi) is 3.51. The van der Waals surface area contributed by atoms with Crippen molar-refractivity contribution < 1.29 is 18.7 Å². The van der Waals surface area contributed by atoms with E-state index in [2.05, 4.69) is 26.6 Å². The van der Waals surface area contributed by atoms with E-state index < -0.39 is 17.0 Å². The number of ether oxygens (including phenoxy) is 1. The highest BCUT2D eigenvalue weighted by molar-refractivity contribution is 9.10. The van der Waals surface area contributed by atoms with Crippen LogP contribution in [0.3, 0.4) is 0 Å². The van der Waals surface area contributed by atoms with E-state index in [4.69, 9.17) is 4.74 Å². The number of nitrogens with one attached hydrogen (secondary N) is 2. The van der Waals surface area contributed by atoms with Crippen molar-refractivity contribution in [3.63, 3.8) is 0 Å². The molecule has 3 amide bonds. The maximum Gasteiger partial charge on any atom is 0.322 e. The van der Waals surface area contributed by atoms with E-state index in [9.17, 15) is 14.0 Å². The SMILES string of the molecule is COC1CCC2(CC1)Cc1cc(F)c(Br)cc1C21NC(=O)NC1=O. The van der Waals surface area contributed by atoms with Gasteiger partial charge in [-0.25, -0.2) is 9.18 Å². The quantitative estimate of drug-likeness (QED) is 0.717. The van der Waals surface area contributed by atoms with Crippen LogP contribution in [0.1, 0.15) is 36.8 Å². The highest BCUT2D eigenvalue weighted by Crippen LogP contribution is 2.59. The van der Waals surface area contributed by atoms with E-state index in [0.717, 1.165) is 31.2 Å². The fraction of sp³-hybridized carbons (Fsp3) is 0.529. The molecule has 1 saturated heterocycles. The zero-order valence-electron chi connectivity index (χ0n) is 13.2. The number of fused-ring (bicyclic) bond motifs is 3. The Hall–Kier alpha value is -1.47. The highest BCUT2D eigenvalue weighted by atomic mass is 79.9. The first-order valence-corrected chi connectivity index (χ1v) is 8.86. The number of methoxy groups -OCH3 is 1. The molecule has 1 aromatic carbocycles. The first-order valence-electron chi connectivity index (χ1n) is 8.07. The molecular weight excluding hydrogens is 379 g/mol. The summed E-state index contributed by atoms with van der Waals surface area (Å²) in [5, 5.41) is 5.28. The second-order valence-corrected chi connectivity index (χ2v) is 7.83. The molecule has 24 heavy (non-hydrogen) atoms. The predicted octanol–water partition coefficient (Wildman–Crippen LogP) is 2.75. The molecule has 1 unspecified atom stereocenters. The van der Waals surface area contributed by atoms with E-state index in [1.807, 2.05) is 0 Å². The molecule has 2 spiro atoms. The second-order valence-electron chi connectivity index (χ2n) is 6.97. The number of carbonyl (C=O) groups is 2. The molecule has 1 aromatic rings. The van der Waals surface area contributed by atoms with Crippen molar-refractivity contribution in [2.24, 2.45) is 5.41 Å². The molecule has 3 aliphatic rings. The van der Waals surface area contributed by atoms with Crippen LogP contribution in [-0.2, 0) is 21.5 Å². The van der Waals surface area contributed by atoms with Crippen LogP contribution in [0.4, 0.5) is 9.18 Å². The minimum absolute atomic E-state index is 0.167. The van der Waals surface area contributed by atoms with Crippen molar-refractivity contribution in [3.8, 4) is 0 Å². The number of carbonyl (C=O) groups excluding carboxylic acids is 2. The zero-order valence-corrected chi connectivity index (χ0v) is 14.8. The van der Waals surface area contributed by atoms with Gasteiger partial charge in [0.25, 0.3) is 5.91 Å². The van der Waals surface area contributed by atoms with Crippen LogP contribution < -0.4 is 10.6 Å². The van der Waals surface area contributed by atoms with Gasteiger partial charge in [-0.1, -0.05) is 0 Å². The van der Waals surface area contributed by atoms with Gasteiger partial charge in [0, 0.05) is 12.5 Å². The lowest BCUT2D eigenvalue weighted by Crippen LogP contribution is -2.56. The van der Waals surface area contributed by atoms with Gasteiger partial charge in [0.05, 0.1) is 10.6 Å². The number of rotatable bonds is 1. The number of amides is 3. The molecule has 2 N–H and O–H groups in total. The van der Waals surface area contributed by atoms with Gasteiger partial charge < -0.3 is 10.1 Å². The number of hydrogen-bond donors (Lipinski definition) is 2. The molecule has 1 heterocycles. The van der Waals surface area contributed by atoms with Crippen LogP contribution >= 0.6 is 15.9 Å². The van der Waals surface area contributed by atoms with Gasteiger partial charge in [-0.05, 0) is 71.3 Å². The largest absolute Gasteiger partial charge is 0.381 e. The molecule has 2 aliphatic carbocycles. The van der Waals surface area contributed by atoms with Crippen LogP contribution in [0, 0.1) is 11.2 Å². The molecule has 0 radical (unpaired) electrons. The van der Waals surface area contributed by atoms with Crippen LogP contribution in [0.2, 0.25) is 0 Å². The van der Waals surface area contributed by atoms with Crippen LogP contribution in [-0.4, -0.2) is 25.2 Å². The molecule has 1 aliphatic heterocycles. The molecule has 1 atom stereocenters. The predicted molar refractivity (Wildman–Crippen MR) is 87.9 cm³/mol. The molecule has 4 rings (SSSR count). The van der Waals surface area contributed by atoms with Crippen molar-refractivity contribution in [1.82, 2.24) is 10.6 Å². The summed E-state index contributed by atoms with van der Waals surface area (Å²) >= 11 is 3.21. The maximum atomic E-state index is 14.0. The third-order valence-corrected chi connectivity index (χ3v) is 6.57. The van der Waals surface area contributed by atoms with E-state index in [1.165, 1.54) is 6.07 Å². The summed E-state index contributed by atoms with van der Waals surface area (Å²) in [6.45, 7) is 0. The molecular formula is C17H18BrFN2O3. The third-order valence-electron chi connectivity index (χ3n) is 5.97. The summed E-state index contributed by atoms with van der Waals surface area (Å²) in [7, 11) is 1.69. The van der Waals surface area contributed by atoms with Gasteiger partial charge in [-0.2, -0.15) is 0 Å². The van der Waals surface area contributed by atoms with Gasteiger partial charge >= 0.3 is 6.03 Å². The van der Waals surface area contributed by atoms with Gasteiger partial charge in [0.2, 0.25) is 0 Å². The summed E-state index contributed by atoms with van der Waals surface area (Å²) in [5.41, 5.74) is -0.0544. The average molecular weight is 397 g/mol. The summed E-state index contributed by atoms with van der Waals surface area (Å²) in [6, 6.07) is 2.64. The number of imide groups is 1. The summed E-state index contributed by atoms with van der Waals surface area (Å²) in [6.07, 6.45) is 3.87. The Morgan fingerprint density at radius 1 is 1.29 bits per heavy atom. The normalized spacial score (nSPS) is 34.5. The Morgan fingerprint density at radius 3 is 2.58 bits per heavy atom. The molecule has 5 nitrogen and oxygen atoms in total. The van der Waals surface area contributed by atoms with Crippen LogP contribution in [0.25, 0.3) is 0 Å². The molecule has 0 aromatic heterocycles. The number of halogens is 2. The van der Waals surface area contributed by atoms with Crippen molar-refractivity contribution in [1.29, 1.82) is 0 Å². The molecule has 7 heteroatoms. The number of urea groups is 1. The van der Waals surface area contributed by atoms with Crippen molar-refractivity contribution in [3.05, 3.63) is 33.5 Å². The van der Waals surface area contributed by atoms with Crippen molar-refractivity contribution in [2.75, 3.05) is 7.11 Å².